The Labute approximate surface area is 297 Å². The van der Waals surface area contributed by atoms with Crippen molar-refractivity contribution in [3.63, 3.8) is 0 Å². The average Bonchev–Trinajstić information content (AvgIpc) is 3.75. The topological polar surface area (TPSA) is 115 Å². The molecule has 0 aliphatic carbocycles. The summed E-state index contributed by atoms with van der Waals surface area (Å²) in [6, 6.07) is 2.62. The minimum Gasteiger partial charge on any atom is -0.461 e. The van der Waals surface area contributed by atoms with Crippen LogP contribution in [0.25, 0.3) is 0 Å². The predicted octanol–water partition coefficient (Wildman–Crippen LogP) is 5.18. The van der Waals surface area contributed by atoms with Crippen molar-refractivity contribution in [3.05, 3.63) is 69.2 Å². The highest BCUT2D eigenvalue weighted by Crippen LogP contribution is 2.45. The second-order valence-electron chi connectivity index (χ2n) is 13.9. The molecule has 2 N–H and O–H groups in total. The Morgan fingerprint density at radius 3 is 2.73 bits per heavy atom. The Kier molecular flexibility index (Phi) is 9.37. The van der Waals surface area contributed by atoms with E-state index in [1.807, 2.05) is 4.90 Å². The van der Waals surface area contributed by atoms with Gasteiger partial charge in [-0.3, -0.25) is 14.4 Å². The number of carbonyl (C=O) groups is 1. The lowest BCUT2D eigenvalue weighted by Gasteiger charge is -2.33. The molecule has 0 bridgehead atoms. The van der Waals surface area contributed by atoms with Gasteiger partial charge in [-0.1, -0.05) is 5.92 Å². The number of fused-ring (bicyclic) bond motifs is 3. The Morgan fingerprint density at radius 1 is 1.19 bits per heavy atom. The second-order valence-corrected chi connectivity index (χ2v) is 13.9. The smallest absolute Gasteiger partial charge is 0.418 e. The van der Waals surface area contributed by atoms with E-state index < -0.39 is 46.0 Å². The van der Waals surface area contributed by atoms with Gasteiger partial charge in [0.05, 0.1) is 53.8 Å². The van der Waals surface area contributed by atoms with Crippen LogP contribution < -0.4 is 15.4 Å². The molecule has 1 aromatic carbocycles. The largest absolute Gasteiger partial charge is 0.461 e. The Morgan fingerprint density at radius 2 is 2.00 bits per heavy atom. The van der Waals surface area contributed by atoms with Crippen LogP contribution in [0.4, 0.5) is 33.5 Å². The Bertz CT molecular complexity index is 2000. The van der Waals surface area contributed by atoms with Gasteiger partial charge in [0.15, 0.2) is 11.5 Å². The molecule has 4 aliphatic rings. The van der Waals surface area contributed by atoms with Crippen LogP contribution in [-0.2, 0) is 37.0 Å². The number of anilines is 2. The normalized spacial score (nSPS) is 22.3. The number of nitrogens with zero attached hydrogens (tertiary/aromatic N) is 7. The maximum atomic E-state index is 15.7. The van der Waals surface area contributed by atoms with E-state index in [-0.39, 0.29) is 31.6 Å². The fraction of sp³-hybridized carbons (Fsp3) is 0.500. The molecule has 1 amide bonds. The Balaban J connectivity index is 1.28. The molecule has 16 heteroatoms. The van der Waals surface area contributed by atoms with Crippen LogP contribution in [-0.4, -0.2) is 81.3 Å². The number of aryl methyl sites for hydroxylation is 1. The van der Waals surface area contributed by atoms with Gasteiger partial charge in [0, 0.05) is 56.8 Å². The summed E-state index contributed by atoms with van der Waals surface area (Å²) < 4.78 is 87.2. The van der Waals surface area contributed by atoms with Gasteiger partial charge in [-0.05, 0) is 56.9 Å². The molecule has 0 radical (unpaired) electrons. The van der Waals surface area contributed by atoms with E-state index in [4.69, 9.17) is 25.2 Å². The molecular formula is C36H39F5N8O3. The standard InChI is InChI=1S/C36H39F5N8O3/c1-4-7-22-12-25(42)31(38)29(30(22)36(39,40)41)28-14-26-24(19-51-28)32(47-9-6-11-49-23(18-47)13-27(45-49)33(50)46(2)3)44-34(43-26)52-20-35-8-5-10-48(35)17-21(15-35)16-37/h12-13,16,28H,5-6,8-11,14-15,17-20,42H2,1-3H3/b21-16-/t28-,35+/m0/s1. The fourth-order valence-corrected chi connectivity index (χ4v) is 7.91. The van der Waals surface area contributed by atoms with Gasteiger partial charge in [-0.25, -0.2) is 8.78 Å². The van der Waals surface area contributed by atoms with Crippen molar-refractivity contribution >= 4 is 17.4 Å². The molecule has 276 valence electrons. The number of halogens is 5. The minimum absolute atomic E-state index is 0.00355. The number of hydrogen-bond acceptors (Lipinski definition) is 9. The fourth-order valence-electron chi connectivity index (χ4n) is 7.91. The second kappa shape index (κ2) is 13.7. The van der Waals surface area contributed by atoms with Crippen LogP contribution in [0.15, 0.2) is 24.0 Å². The quantitative estimate of drug-likeness (QED) is 0.209. The van der Waals surface area contributed by atoms with Gasteiger partial charge in [0.1, 0.15) is 12.4 Å². The lowest BCUT2D eigenvalue weighted by atomic mass is 9.91. The number of ether oxygens (including phenoxy) is 2. The number of carbonyl (C=O) groups excluding carboxylic acids is 1. The number of amides is 1. The van der Waals surface area contributed by atoms with Crippen molar-refractivity contribution in [3.8, 4) is 17.9 Å². The van der Waals surface area contributed by atoms with E-state index in [9.17, 15) is 22.4 Å². The summed E-state index contributed by atoms with van der Waals surface area (Å²) >= 11 is 0. The van der Waals surface area contributed by atoms with Crippen molar-refractivity contribution in [2.75, 3.05) is 51.0 Å². The highest BCUT2D eigenvalue weighted by atomic mass is 19.4. The zero-order chi connectivity index (χ0) is 36.9. The lowest BCUT2D eigenvalue weighted by molar-refractivity contribution is -0.140. The average molecular weight is 727 g/mol. The van der Waals surface area contributed by atoms with E-state index >= 15 is 4.39 Å². The van der Waals surface area contributed by atoms with Crippen LogP contribution in [0.2, 0.25) is 0 Å². The summed E-state index contributed by atoms with van der Waals surface area (Å²) in [6.07, 6.45) is -3.08. The zero-order valence-corrected chi connectivity index (χ0v) is 29.1. The first-order valence-corrected chi connectivity index (χ1v) is 17.1. The molecule has 2 saturated heterocycles. The van der Waals surface area contributed by atoms with Gasteiger partial charge in [0.25, 0.3) is 5.91 Å². The highest BCUT2D eigenvalue weighted by Gasteiger charge is 2.47. The van der Waals surface area contributed by atoms with Gasteiger partial charge < -0.3 is 25.0 Å². The van der Waals surface area contributed by atoms with Crippen molar-refractivity contribution in [1.82, 2.24) is 29.5 Å². The molecular weight excluding hydrogens is 687 g/mol. The summed E-state index contributed by atoms with van der Waals surface area (Å²) in [6.45, 7) is 4.01. The van der Waals surface area contributed by atoms with E-state index in [0.717, 1.165) is 31.1 Å². The summed E-state index contributed by atoms with van der Waals surface area (Å²) in [5.74, 6) is 3.87. The highest BCUT2D eigenvalue weighted by molar-refractivity contribution is 5.92. The Hall–Kier alpha value is -4.75. The molecule has 11 nitrogen and oxygen atoms in total. The third kappa shape index (κ3) is 6.44. The minimum atomic E-state index is -4.96. The number of benzene rings is 1. The molecule has 2 atom stereocenters. The number of nitrogens with two attached hydrogens (primary N) is 1. The maximum absolute atomic E-state index is 15.7. The maximum Gasteiger partial charge on any atom is 0.418 e. The predicted molar refractivity (Wildman–Crippen MR) is 180 cm³/mol. The molecule has 52 heavy (non-hydrogen) atoms. The van der Waals surface area contributed by atoms with Crippen molar-refractivity contribution < 1.29 is 36.2 Å². The van der Waals surface area contributed by atoms with Crippen molar-refractivity contribution in [1.29, 1.82) is 0 Å². The first-order valence-electron chi connectivity index (χ1n) is 17.1. The van der Waals surface area contributed by atoms with Crippen LogP contribution >= 0.6 is 0 Å². The molecule has 0 unspecified atom stereocenters. The molecule has 2 fully saturated rings. The van der Waals surface area contributed by atoms with Gasteiger partial charge in [-0.15, -0.1) is 5.92 Å². The van der Waals surface area contributed by atoms with E-state index in [2.05, 4.69) is 21.8 Å². The summed E-state index contributed by atoms with van der Waals surface area (Å²) in [5.41, 5.74) is 5.17. The molecule has 2 aromatic heterocycles. The lowest BCUT2D eigenvalue weighted by Crippen LogP contribution is -2.43. The van der Waals surface area contributed by atoms with E-state index in [1.54, 1.807) is 24.8 Å². The first-order chi connectivity index (χ1) is 24.8. The van der Waals surface area contributed by atoms with Crippen molar-refractivity contribution in [2.24, 2.45) is 0 Å². The number of hydrogen-bond donors (Lipinski definition) is 1. The third-order valence-corrected chi connectivity index (χ3v) is 10.3. The number of alkyl halides is 3. The number of nitrogen functional groups attached to an aromatic ring is 1. The summed E-state index contributed by atoms with van der Waals surface area (Å²) in [4.78, 5) is 27.9. The first kappa shape index (κ1) is 35.6. The van der Waals surface area contributed by atoms with Crippen LogP contribution in [0.5, 0.6) is 6.01 Å². The van der Waals surface area contributed by atoms with E-state index in [0.29, 0.717) is 73.7 Å². The van der Waals surface area contributed by atoms with Gasteiger partial charge in [0.2, 0.25) is 0 Å². The zero-order valence-electron chi connectivity index (χ0n) is 29.1. The molecule has 3 aromatic rings. The molecule has 0 spiro atoms. The van der Waals surface area contributed by atoms with Gasteiger partial charge >= 0.3 is 12.2 Å². The molecule has 7 rings (SSSR count). The number of rotatable bonds is 6. The SMILES string of the molecule is CC#Cc1cc(N)c(F)c([C@@H]2Cc3nc(OC[C@]45CCCN4C/C(=C\F)C5)nc(N4CCCn5nc(C(=O)N(C)C)cc5C4)c3CO2)c1C(F)(F)F. The molecule has 6 heterocycles. The number of aromatic nitrogens is 4. The van der Waals surface area contributed by atoms with Crippen LogP contribution in [0, 0.1) is 17.7 Å². The summed E-state index contributed by atoms with van der Waals surface area (Å²) in [5, 5.41) is 4.52. The van der Waals surface area contributed by atoms with Crippen LogP contribution in [0.3, 0.4) is 0 Å². The molecule has 4 aliphatic heterocycles. The van der Waals surface area contributed by atoms with Crippen LogP contribution in [0.1, 0.15) is 82.8 Å². The van der Waals surface area contributed by atoms with Crippen molar-refractivity contribution in [2.45, 2.75) is 76.5 Å². The van der Waals surface area contributed by atoms with E-state index in [1.165, 1.54) is 11.8 Å². The van der Waals surface area contributed by atoms with Gasteiger partial charge in [-0.2, -0.15) is 28.2 Å². The monoisotopic (exact) mass is 726 g/mol. The third-order valence-electron chi connectivity index (χ3n) is 10.3. The molecule has 0 saturated carbocycles. The summed E-state index contributed by atoms with van der Waals surface area (Å²) in [7, 11) is 3.30.